The Morgan fingerprint density at radius 3 is 2.65 bits per heavy atom. The Morgan fingerprint density at radius 1 is 1.25 bits per heavy atom. The molecule has 1 aromatic rings. The fourth-order valence-corrected chi connectivity index (χ4v) is 2.50. The van der Waals surface area contributed by atoms with E-state index >= 15 is 0 Å². The van der Waals surface area contributed by atoms with Crippen LogP contribution in [0.1, 0.15) is 28.8 Å². The van der Waals surface area contributed by atoms with Crippen LogP contribution in [0.5, 0.6) is 0 Å². The summed E-state index contributed by atoms with van der Waals surface area (Å²) in [5.74, 6) is -0.754. The maximum absolute atomic E-state index is 12.0. The highest BCUT2D eigenvalue weighted by molar-refractivity contribution is 5.89. The first-order valence-corrected chi connectivity index (χ1v) is 6.98. The van der Waals surface area contributed by atoms with Gasteiger partial charge in [0, 0.05) is 12.5 Å². The van der Waals surface area contributed by atoms with Crippen molar-refractivity contribution in [2.24, 2.45) is 5.92 Å². The van der Waals surface area contributed by atoms with Crippen LogP contribution in [-0.4, -0.2) is 36.6 Å². The van der Waals surface area contributed by atoms with Crippen LogP contribution >= 0.6 is 0 Å². The second kappa shape index (κ2) is 7.05. The molecule has 0 atom stereocenters. The van der Waals surface area contributed by atoms with E-state index in [0.717, 1.165) is 31.5 Å². The summed E-state index contributed by atoms with van der Waals surface area (Å²) >= 11 is 0. The van der Waals surface area contributed by atoms with Crippen molar-refractivity contribution in [2.45, 2.75) is 19.3 Å². The van der Waals surface area contributed by atoms with Gasteiger partial charge in [-0.2, -0.15) is 0 Å². The van der Waals surface area contributed by atoms with E-state index in [4.69, 9.17) is 5.11 Å². The molecule has 2 rings (SSSR count). The van der Waals surface area contributed by atoms with E-state index in [2.05, 4.69) is 10.6 Å². The number of aromatic carboxylic acids is 1. The first kappa shape index (κ1) is 14.5. The quantitative estimate of drug-likeness (QED) is 0.751. The monoisotopic (exact) mass is 276 g/mol. The first-order chi connectivity index (χ1) is 9.68. The summed E-state index contributed by atoms with van der Waals surface area (Å²) in [7, 11) is 0. The molecule has 0 aromatic heterocycles. The highest BCUT2D eigenvalue weighted by atomic mass is 16.4. The topological polar surface area (TPSA) is 78.4 Å². The molecular weight excluding hydrogens is 256 g/mol. The molecule has 0 aliphatic carbocycles. The zero-order valence-corrected chi connectivity index (χ0v) is 11.4. The van der Waals surface area contributed by atoms with E-state index in [9.17, 15) is 9.59 Å². The van der Waals surface area contributed by atoms with E-state index in [-0.39, 0.29) is 11.8 Å². The van der Waals surface area contributed by atoms with Gasteiger partial charge in [-0.05, 0) is 44.0 Å². The van der Waals surface area contributed by atoms with Crippen molar-refractivity contribution < 1.29 is 14.7 Å². The van der Waals surface area contributed by atoms with E-state index in [1.165, 1.54) is 0 Å². The van der Waals surface area contributed by atoms with Gasteiger partial charge in [0.25, 0.3) is 0 Å². The minimum atomic E-state index is -0.926. The van der Waals surface area contributed by atoms with Crippen molar-refractivity contribution in [2.75, 3.05) is 19.6 Å². The number of carboxylic acids is 1. The molecule has 1 aliphatic heterocycles. The molecule has 0 bridgehead atoms. The predicted octanol–water partition coefficient (Wildman–Crippen LogP) is 1.04. The molecule has 108 valence electrons. The second-order valence-electron chi connectivity index (χ2n) is 5.03. The van der Waals surface area contributed by atoms with Crippen LogP contribution in [0.25, 0.3) is 0 Å². The lowest BCUT2D eigenvalue weighted by Gasteiger charge is -2.21. The summed E-state index contributed by atoms with van der Waals surface area (Å²) in [4.78, 5) is 23.0. The summed E-state index contributed by atoms with van der Waals surface area (Å²) in [6, 6.07) is 6.91. The summed E-state index contributed by atoms with van der Waals surface area (Å²) in [5.41, 5.74) is 1.06. The fourth-order valence-electron chi connectivity index (χ4n) is 2.50. The van der Waals surface area contributed by atoms with Gasteiger partial charge in [0.15, 0.2) is 0 Å². The lowest BCUT2D eigenvalue weighted by molar-refractivity contribution is -0.125. The number of carbonyl (C=O) groups excluding carboxylic acids is 1. The van der Waals surface area contributed by atoms with Crippen LogP contribution in [-0.2, 0) is 11.2 Å². The second-order valence-corrected chi connectivity index (χ2v) is 5.03. The highest BCUT2D eigenvalue weighted by Crippen LogP contribution is 2.12. The number of carboxylic acid groups (broad SMARTS) is 1. The Kier molecular flexibility index (Phi) is 5.12. The van der Waals surface area contributed by atoms with Gasteiger partial charge in [0.2, 0.25) is 5.91 Å². The largest absolute Gasteiger partial charge is 0.478 e. The maximum Gasteiger partial charge on any atom is 0.335 e. The SMILES string of the molecule is O=C(O)c1ccccc1CCNC(=O)C1CCNCC1. The Balaban J connectivity index is 1.83. The molecule has 5 heteroatoms. The summed E-state index contributed by atoms with van der Waals surface area (Å²) in [5, 5.41) is 15.2. The van der Waals surface area contributed by atoms with Gasteiger partial charge < -0.3 is 15.7 Å². The zero-order chi connectivity index (χ0) is 14.4. The summed E-state index contributed by atoms with van der Waals surface area (Å²) in [6.07, 6.45) is 2.29. The number of amides is 1. The molecule has 1 aromatic carbocycles. The van der Waals surface area contributed by atoms with E-state index in [1.54, 1.807) is 18.2 Å². The standard InChI is InChI=1S/C15H20N2O3/c18-14(12-5-8-16-9-6-12)17-10-7-11-3-1-2-4-13(11)15(19)20/h1-4,12,16H,5-10H2,(H,17,18)(H,19,20). The number of hydrogen-bond acceptors (Lipinski definition) is 3. The number of piperidine rings is 1. The molecule has 1 heterocycles. The number of hydrogen-bond donors (Lipinski definition) is 3. The van der Waals surface area contributed by atoms with Gasteiger partial charge in [0.05, 0.1) is 5.56 Å². The van der Waals surface area contributed by atoms with Crippen molar-refractivity contribution >= 4 is 11.9 Å². The molecule has 1 aliphatic rings. The predicted molar refractivity (Wildman–Crippen MR) is 75.7 cm³/mol. The minimum absolute atomic E-state index is 0.0827. The van der Waals surface area contributed by atoms with Crippen LogP contribution in [0.15, 0.2) is 24.3 Å². The first-order valence-electron chi connectivity index (χ1n) is 6.98. The lowest BCUT2D eigenvalue weighted by atomic mass is 9.97. The van der Waals surface area contributed by atoms with Crippen LogP contribution in [0.3, 0.4) is 0 Å². The van der Waals surface area contributed by atoms with E-state index in [0.29, 0.717) is 18.5 Å². The average Bonchev–Trinajstić information content (AvgIpc) is 2.48. The van der Waals surface area contributed by atoms with Gasteiger partial charge in [-0.1, -0.05) is 18.2 Å². The Morgan fingerprint density at radius 2 is 1.95 bits per heavy atom. The van der Waals surface area contributed by atoms with Crippen LogP contribution in [0, 0.1) is 5.92 Å². The van der Waals surface area contributed by atoms with Crippen molar-refractivity contribution in [1.82, 2.24) is 10.6 Å². The van der Waals surface area contributed by atoms with Gasteiger partial charge in [-0.25, -0.2) is 4.79 Å². The molecule has 0 spiro atoms. The fraction of sp³-hybridized carbons (Fsp3) is 0.467. The van der Waals surface area contributed by atoms with Crippen LogP contribution in [0.2, 0.25) is 0 Å². The summed E-state index contributed by atoms with van der Waals surface area (Å²) < 4.78 is 0. The molecule has 0 saturated carbocycles. The minimum Gasteiger partial charge on any atom is -0.478 e. The molecule has 5 nitrogen and oxygen atoms in total. The van der Waals surface area contributed by atoms with Crippen molar-refractivity contribution in [3.63, 3.8) is 0 Å². The summed E-state index contributed by atoms with van der Waals surface area (Å²) in [6.45, 7) is 2.26. The Bertz CT molecular complexity index is 482. The van der Waals surface area contributed by atoms with Crippen molar-refractivity contribution in [1.29, 1.82) is 0 Å². The van der Waals surface area contributed by atoms with E-state index in [1.807, 2.05) is 6.07 Å². The molecule has 1 fully saturated rings. The molecule has 0 radical (unpaired) electrons. The number of rotatable bonds is 5. The smallest absolute Gasteiger partial charge is 0.335 e. The normalized spacial score (nSPS) is 15.8. The molecular formula is C15H20N2O3. The molecule has 20 heavy (non-hydrogen) atoms. The number of nitrogens with one attached hydrogen (secondary N) is 2. The molecule has 1 amide bonds. The Hall–Kier alpha value is -1.88. The van der Waals surface area contributed by atoms with Gasteiger partial charge in [0.1, 0.15) is 0 Å². The lowest BCUT2D eigenvalue weighted by Crippen LogP contribution is -2.38. The average molecular weight is 276 g/mol. The van der Waals surface area contributed by atoms with Gasteiger partial charge >= 0.3 is 5.97 Å². The van der Waals surface area contributed by atoms with Gasteiger partial charge in [-0.15, -0.1) is 0 Å². The number of benzene rings is 1. The third kappa shape index (κ3) is 3.81. The van der Waals surface area contributed by atoms with Crippen molar-refractivity contribution in [3.05, 3.63) is 35.4 Å². The zero-order valence-electron chi connectivity index (χ0n) is 11.4. The van der Waals surface area contributed by atoms with Crippen LogP contribution < -0.4 is 10.6 Å². The number of carbonyl (C=O) groups is 2. The van der Waals surface area contributed by atoms with Crippen LogP contribution in [0.4, 0.5) is 0 Å². The van der Waals surface area contributed by atoms with Gasteiger partial charge in [-0.3, -0.25) is 4.79 Å². The van der Waals surface area contributed by atoms with Crippen molar-refractivity contribution in [3.8, 4) is 0 Å². The third-order valence-corrected chi connectivity index (χ3v) is 3.65. The molecule has 1 saturated heterocycles. The Labute approximate surface area is 118 Å². The highest BCUT2D eigenvalue weighted by Gasteiger charge is 2.20. The van der Waals surface area contributed by atoms with E-state index < -0.39 is 5.97 Å². The third-order valence-electron chi connectivity index (χ3n) is 3.65. The maximum atomic E-state index is 12.0. The molecule has 3 N–H and O–H groups in total. The molecule has 0 unspecified atom stereocenters.